The van der Waals surface area contributed by atoms with Crippen molar-refractivity contribution in [2.75, 3.05) is 26.3 Å². The Balaban J connectivity index is 2.81. The lowest BCUT2D eigenvalue weighted by Gasteiger charge is -2.32. The number of nitrogens with zero attached hydrogens (tertiary/aromatic N) is 1. The van der Waals surface area contributed by atoms with Gasteiger partial charge in [-0.05, 0) is 19.8 Å². The van der Waals surface area contributed by atoms with E-state index in [0.29, 0.717) is 0 Å². The maximum Gasteiger partial charge on any atom is 0.512 e. The third-order valence-corrected chi connectivity index (χ3v) is 10.1. The van der Waals surface area contributed by atoms with E-state index in [2.05, 4.69) is 11.3 Å². The molecule has 0 unspecified atom stereocenters. The minimum atomic E-state index is -6.93. The first-order valence-corrected chi connectivity index (χ1v) is 13.3. The second-order valence-electron chi connectivity index (χ2n) is 6.76. The molecule has 1 fully saturated rings. The molecule has 1 aliphatic heterocycles. The molecule has 0 radical (unpaired) electrons. The second-order valence-corrected chi connectivity index (χ2v) is 12.7. The average Bonchev–Trinajstić information content (AvgIpc) is 2.68. The Bertz CT molecular complexity index is 1130. The number of sulfonamides is 3. The third-order valence-electron chi connectivity index (χ3n) is 4.17. The van der Waals surface area contributed by atoms with Crippen LogP contribution in [-0.4, -0.2) is 77.9 Å². The molecule has 198 valence electrons. The fourth-order valence-electron chi connectivity index (χ4n) is 2.38. The Morgan fingerprint density at radius 3 is 1.85 bits per heavy atom. The molecule has 12 nitrogen and oxygen atoms in total. The van der Waals surface area contributed by atoms with Crippen LogP contribution in [0.3, 0.4) is 0 Å². The molecule has 0 aromatic rings. The molecule has 0 amide bonds. The van der Waals surface area contributed by atoms with Crippen molar-refractivity contribution in [1.82, 2.24) is 8.43 Å². The van der Waals surface area contributed by atoms with Crippen LogP contribution in [0.5, 0.6) is 0 Å². The summed E-state index contributed by atoms with van der Waals surface area (Å²) in [5.74, 6) is -2.67. The predicted octanol–water partition coefficient (Wildman–Crippen LogP) is 0.0100. The van der Waals surface area contributed by atoms with Gasteiger partial charge >= 0.3 is 42.1 Å². The maximum absolute atomic E-state index is 14.2. The van der Waals surface area contributed by atoms with Gasteiger partial charge in [-0.25, -0.2) is 30.0 Å². The van der Waals surface area contributed by atoms with Crippen molar-refractivity contribution in [3.8, 4) is 0 Å². The van der Waals surface area contributed by atoms with Crippen molar-refractivity contribution in [3.05, 3.63) is 12.2 Å². The molecule has 0 bridgehead atoms. The summed E-state index contributed by atoms with van der Waals surface area (Å²) in [6.45, 7) is 2.26. The molecular formula is C14H19F5N2O10S3. The molecule has 0 spiro atoms. The van der Waals surface area contributed by atoms with E-state index in [1.165, 1.54) is 6.92 Å². The molecule has 34 heavy (non-hydrogen) atoms. The first-order valence-electron chi connectivity index (χ1n) is 8.88. The van der Waals surface area contributed by atoms with Crippen LogP contribution in [0.4, 0.5) is 22.0 Å². The summed E-state index contributed by atoms with van der Waals surface area (Å²) in [7, 11) is -20.0. The van der Waals surface area contributed by atoms with Gasteiger partial charge in [0.25, 0.3) is 10.0 Å². The molecule has 0 aromatic heterocycles. The highest BCUT2D eigenvalue weighted by atomic mass is 32.3. The van der Waals surface area contributed by atoms with Crippen molar-refractivity contribution in [3.63, 3.8) is 0 Å². The van der Waals surface area contributed by atoms with Crippen molar-refractivity contribution in [2.45, 2.75) is 29.9 Å². The SMILES string of the molecule is C=C(C)C(=O)OCCOC(=O)C1CCN(S(=O)(=O)C(F)(F)S(=O)(=O)NS(=O)(=O)C(F)(F)F)CC1. The third kappa shape index (κ3) is 6.61. The highest BCUT2D eigenvalue weighted by Crippen LogP contribution is 2.35. The average molecular weight is 567 g/mol. The minimum absolute atomic E-state index is 0.0879. The number of piperidine rings is 1. The quantitative estimate of drug-likeness (QED) is 0.164. The van der Waals surface area contributed by atoms with E-state index in [9.17, 15) is 56.8 Å². The van der Waals surface area contributed by atoms with Crippen molar-refractivity contribution in [1.29, 1.82) is 0 Å². The summed E-state index contributed by atoms with van der Waals surface area (Å²) in [5.41, 5.74) is -6.23. The summed E-state index contributed by atoms with van der Waals surface area (Å²) < 4.78 is 137. The first kappa shape index (κ1) is 30.1. The fourth-order valence-corrected chi connectivity index (χ4v) is 7.02. The van der Waals surface area contributed by atoms with E-state index < -0.39 is 84.0 Å². The Morgan fingerprint density at radius 1 is 0.941 bits per heavy atom. The van der Waals surface area contributed by atoms with E-state index in [1.54, 1.807) is 0 Å². The van der Waals surface area contributed by atoms with Gasteiger partial charge in [0.2, 0.25) is 0 Å². The summed E-state index contributed by atoms with van der Waals surface area (Å²) in [4.78, 5) is 23.1. The summed E-state index contributed by atoms with van der Waals surface area (Å²) in [5, 5.41) is 0. The Labute approximate surface area is 191 Å². The standard InChI is InChI=1S/C14H19F5N2O10S3/c1-9(2)11(22)30-7-8-31-12(23)10-3-5-21(6-4-10)34(28,29)14(18,19)33(26,27)20-32(24,25)13(15,16)17/h10,20H,1,3-8H2,2H3. The minimum Gasteiger partial charge on any atom is -0.462 e. The topological polar surface area (TPSA) is 170 Å². The molecule has 0 atom stereocenters. The molecule has 1 N–H and O–H groups in total. The van der Waals surface area contributed by atoms with Gasteiger partial charge in [0.1, 0.15) is 13.2 Å². The van der Waals surface area contributed by atoms with Crippen LogP contribution in [0.1, 0.15) is 19.8 Å². The Kier molecular flexibility index (Phi) is 9.20. The lowest BCUT2D eigenvalue weighted by molar-refractivity contribution is -0.154. The summed E-state index contributed by atoms with van der Waals surface area (Å²) in [6.07, 6.45) is -0.873. The number of rotatable bonds is 10. The largest absolute Gasteiger partial charge is 0.512 e. The zero-order valence-corrected chi connectivity index (χ0v) is 19.6. The smallest absolute Gasteiger partial charge is 0.462 e. The van der Waals surface area contributed by atoms with Gasteiger partial charge < -0.3 is 9.47 Å². The monoisotopic (exact) mass is 566 g/mol. The van der Waals surface area contributed by atoms with E-state index in [4.69, 9.17) is 4.74 Å². The number of carbonyl (C=O) groups excluding carboxylic acids is 2. The molecule has 1 rings (SSSR count). The first-order chi connectivity index (χ1) is 15.2. The van der Waals surface area contributed by atoms with E-state index in [-0.39, 0.29) is 27.2 Å². The lowest BCUT2D eigenvalue weighted by Crippen LogP contribution is -2.55. The van der Waals surface area contributed by atoms with E-state index in [1.807, 2.05) is 0 Å². The number of nitrogens with one attached hydrogen (secondary N) is 1. The summed E-state index contributed by atoms with van der Waals surface area (Å²) in [6, 6.07) is 0. The second kappa shape index (κ2) is 10.4. The normalized spacial score (nSPS) is 17.2. The number of alkyl halides is 5. The molecule has 20 heteroatoms. The van der Waals surface area contributed by atoms with Crippen molar-refractivity contribution in [2.24, 2.45) is 5.92 Å². The lowest BCUT2D eigenvalue weighted by atomic mass is 9.98. The summed E-state index contributed by atoms with van der Waals surface area (Å²) >= 11 is 0. The van der Waals surface area contributed by atoms with Crippen LogP contribution in [0, 0.1) is 5.92 Å². The van der Waals surface area contributed by atoms with Gasteiger partial charge in [0, 0.05) is 18.7 Å². The number of halogens is 5. The van der Waals surface area contributed by atoms with Gasteiger partial charge in [-0.3, -0.25) is 4.79 Å². The zero-order valence-electron chi connectivity index (χ0n) is 17.2. The molecular weight excluding hydrogens is 547 g/mol. The van der Waals surface area contributed by atoms with Crippen LogP contribution in [0.25, 0.3) is 0 Å². The predicted molar refractivity (Wildman–Crippen MR) is 102 cm³/mol. The molecule has 1 heterocycles. The maximum atomic E-state index is 14.2. The number of carbonyl (C=O) groups is 2. The van der Waals surface area contributed by atoms with Crippen LogP contribution in [0.2, 0.25) is 0 Å². The molecule has 0 aliphatic carbocycles. The fraction of sp³-hybridized carbons (Fsp3) is 0.714. The highest BCUT2D eigenvalue weighted by molar-refractivity contribution is 8.13. The van der Waals surface area contributed by atoms with Crippen molar-refractivity contribution >= 4 is 42.0 Å². The number of hydrogen-bond acceptors (Lipinski definition) is 10. The Hall–Kier alpha value is -1.90. The van der Waals surface area contributed by atoms with Crippen LogP contribution >= 0.6 is 0 Å². The number of esters is 2. The number of ether oxygens (including phenoxy) is 2. The van der Waals surface area contributed by atoms with Gasteiger partial charge in [0.15, 0.2) is 0 Å². The van der Waals surface area contributed by atoms with Crippen molar-refractivity contribution < 1.29 is 66.3 Å². The molecule has 0 saturated carbocycles. The van der Waals surface area contributed by atoms with Gasteiger partial charge in [0.05, 0.1) is 5.92 Å². The van der Waals surface area contributed by atoms with Gasteiger partial charge in [-0.15, -0.1) is 0 Å². The van der Waals surface area contributed by atoms with E-state index in [0.717, 1.165) is 0 Å². The Morgan fingerprint density at radius 2 is 1.41 bits per heavy atom. The van der Waals surface area contributed by atoms with Crippen LogP contribution < -0.4 is 4.13 Å². The van der Waals surface area contributed by atoms with Gasteiger partial charge in [-0.2, -0.15) is 26.3 Å². The zero-order chi connectivity index (χ0) is 26.8. The molecule has 1 aliphatic rings. The van der Waals surface area contributed by atoms with Crippen LogP contribution in [-0.2, 0) is 49.1 Å². The molecule has 1 saturated heterocycles. The number of hydrogen-bond donors (Lipinski definition) is 1. The van der Waals surface area contributed by atoms with Crippen LogP contribution in [0.15, 0.2) is 12.2 Å². The molecule has 0 aromatic carbocycles. The highest BCUT2D eigenvalue weighted by Gasteiger charge is 2.63. The van der Waals surface area contributed by atoms with Gasteiger partial charge in [-0.1, -0.05) is 10.7 Å². The van der Waals surface area contributed by atoms with E-state index >= 15 is 0 Å².